The van der Waals surface area contributed by atoms with Crippen molar-refractivity contribution in [3.8, 4) is 0 Å². The Morgan fingerprint density at radius 1 is 1.00 bits per heavy atom. The molecular weight excluding hydrogens is 276 g/mol. The lowest BCUT2D eigenvalue weighted by Gasteiger charge is -2.42. The molecule has 0 nitrogen and oxygen atoms in total. The molecule has 0 saturated heterocycles. The zero-order valence-electron chi connectivity index (χ0n) is 14.7. The summed E-state index contributed by atoms with van der Waals surface area (Å²) in [5.41, 5.74) is 7.75. The molecule has 2 aromatic carbocycles. The Morgan fingerprint density at radius 3 is 2.57 bits per heavy atom. The van der Waals surface area contributed by atoms with Crippen LogP contribution in [0, 0.1) is 6.92 Å². The van der Waals surface area contributed by atoms with Crippen LogP contribution in [0.5, 0.6) is 0 Å². The lowest BCUT2D eigenvalue weighted by Crippen LogP contribution is -2.36. The lowest BCUT2D eigenvalue weighted by molar-refractivity contribution is 0.318. The summed E-state index contributed by atoms with van der Waals surface area (Å²) in [5, 5.41) is 0. The van der Waals surface area contributed by atoms with E-state index in [2.05, 4.69) is 82.3 Å². The molecule has 0 radical (unpaired) electrons. The average Bonchev–Trinajstić information content (AvgIpc) is 2.73. The van der Waals surface area contributed by atoms with Crippen molar-refractivity contribution in [2.75, 3.05) is 0 Å². The molecule has 0 bridgehead atoms. The Bertz CT molecular complexity index is 793. The Hall–Kier alpha value is -1.82. The van der Waals surface area contributed by atoms with E-state index < -0.39 is 0 Å². The van der Waals surface area contributed by atoms with Crippen molar-refractivity contribution in [3.05, 3.63) is 76.4 Å². The first-order valence-corrected chi connectivity index (χ1v) is 8.90. The van der Waals surface area contributed by atoms with Gasteiger partial charge in [0.2, 0.25) is 0 Å². The molecule has 0 heteroatoms. The molecule has 0 fully saturated rings. The van der Waals surface area contributed by atoms with Gasteiger partial charge in [0.1, 0.15) is 0 Å². The van der Waals surface area contributed by atoms with Crippen molar-refractivity contribution in [1.82, 2.24) is 0 Å². The van der Waals surface area contributed by atoms with E-state index in [-0.39, 0.29) is 10.8 Å². The van der Waals surface area contributed by atoms with Gasteiger partial charge in [-0.05, 0) is 41.0 Å². The molecule has 0 spiro atoms. The average molecular weight is 302 g/mol. The summed E-state index contributed by atoms with van der Waals surface area (Å²) in [6.45, 7) is 9.43. The molecule has 23 heavy (non-hydrogen) atoms. The summed E-state index contributed by atoms with van der Waals surface area (Å²) in [7, 11) is 0. The fourth-order valence-corrected chi connectivity index (χ4v) is 5.34. The molecule has 118 valence electrons. The van der Waals surface area contributed by atoms with E-state index in [4.69, 9.17) is 0 Å². The molecule has 0 unspecified atom stereocenters. The zero-order chi connectivity index (χ0) is 16.2. The second-order valence-corrected chi connectivity index (χ2v) is 7.96. The quantitative estimate of drug-likeness (QED) is 0.625. The number of hydrogen-bond acceptors (Lipinski definition) is 0. The van der Waals surface area contributed by atoms with Gasteiger partial charge in [-0.15, -0.1) is 0 Å². The lowest BCUT2D eigenvalue weighted by atomic mass is 9.60. The van der Waals surface area contributed by atoms with Crippen LogP contribution in [0.25, 0.3) is 6.08 Å². The summed E-state index contributed by atoms with van der Waals surface area (Å²) < 4.78 is 0. The Balaban J connectivity index is 2.05. The maximum Gasteiger partial charge on any atom is 0.0215 e. The Morgan fingerprint density at radius 2 is 1.78 bits per heavy atom. The first-order valence-electron chi connectivity index (χ1n) is 8.90. The van der Waals surface area contributed by atoms with Crippen LogP contribution in [-0.2, 0) is 10.8 Å². The van der Waals surface area contributed by atoms with Gasteiger partial charge >= 0.3 is 0 Å². The van der Waals surface area contributed by atoms with Crippen LogP contribution in [0.4, 0.5) is 0 Å². The molecule has 0 aromatic heterocycles. The molecule has 0 aliphatic heterocycles. The van der Waals surface area contributed by atoms with Crippen LogP contribution in [-0.4, -0.2) is 0 Å². The first kappa shape index (κ1) is 14.8. The third-order valence-corrected chi connectivity index (χ3v) is 6.14. The number of rotatable bonds is 2. The van der Waals surface area contributed by atoms with E-state index in [0.717, 1.165) is 0 Å². The highest BCUT2D eigenvalue weighted by Gasteiger charge is 2.56. The van der Waals surface area contributed by atoms with Gasteiger partial charge in [-0.3, -0.25) is 0 Å². The fourth-order valence-electron chi connectivity index (χ4n) is 5.34. The highest BCUT2D eigenvalue weighted by atomic mass is 14.6. The predicted octanol–water partition coefficient (Wildman–Crippen LogP) is 6.13. The summed E-state index contributed by atoms with van der Waals surface area (Å²) in [6.07, 6.45) is 7.33. The van der Waals surface area contributed by atoms with Crippen molar-refractivity contribution >= 4 is 6.08 Å². The molecular formula is C23H26. The second kappa shape index (κ2) is 4.84. The van der Waals surface area contributed by atoms with E-state index in [1.54, 1.807) is 11.1 Å². The number of aryl methyl sites for hydroxylation is 1. The van der Waals surface area contributed by atoms with Gasteiger partial charge in [0, 0.05) is 11.3 Å². The van der Waals surface area contributed by atoms with Gasteiger partial charge in [-0.1, -0.05) is 87.4 Å². The Kier molecular flexibility index (Phi) is 3.10. The number of benzene rings is 2. The van der Waals surface area contributed by atoms with Gasteiger partial charge < -0.3 is 0 Å². The first-order chi connectivity index (χ1) is 11.0. The highest BCUT2D eigenvalue weighted by Crippen LogP contribution is 2.63. The van der Waals surface area contributed by atoms with Gasteiger partial charge in [0.25, 0.3) is 0 Å². The topological polar surface area (TPSA) is 0 Å². The van der Waals surface area contributed by atoms with Gasteiger partial charge in [-0.25, -0.2) is 0 Å². The van der Waals surface area contributed by atoms with E-state index in [1.807, 2.05) is 0 Å². The number of fused-ring (bicyclic) bond motifs is 5. The normalized spacial score (nSPS) is 26.5. The second-order valence-electron chi connectivity index (χ2n) is 7.96. The van der Waals surface area contributed by atoms with Crippen LogP contribution in [0.15, 0.2) is 48.5 Å². The zero-order valence-corrected chi connectivity index (χ0v) is 14.7. The van der Waals surface area contributed by atoms with E-state index >= 15 is 0 Å². The van der Waals surface area contributed by atoms with E-state index in [1.165, 1.54) is 29.5 Å². The molecule has 0 saturated carbocycles. The maximum absolute atomic E-state index is 2.52. The standard InChI is InChI=1S/C23H26/c1-5-13-23-14-12-17-8-6-7-9-18(17)21(23)22(3,4)20-15-16(2)10-11-19(20)23/h6-12,14-15,21H,5,13H2,1-4H3/t21-,23+/m0/s1. The fraction of sp³-hybridized carbons (Fsp3) is 0.391. The van der Waals surface area contributed by atoms with Crippen LogP contribution in [0.3, 0.4) is 0 Å². The Labute approximate surface area is 140 Å². The van der Waals surface area contributed by atoms with Crippen molar-refractivity contribution in [1.29, 1.82) is 0 Å². The molecule has 2 aliphatic carbocycles. The molecule has 0 N–H and O–H groups in total. The van der Waals surface area contributed by atoms with Crippen LogP contribution in [0.2, 0.25) is 0 Å². The monoisotopic (exact) mass is 302 g/mol. The molecule has 0 amide bonds. The van der Waals surface area contributed by atoms with Crippen LogP contribution >= 0.6 is 0 Å². The maximum atomic E-state index is 2.52. The molecule has 2 aliphatic rings. The molecule has 2 atom stereocenters. The summed E-state index contributed by atoms with van der Waals surface area (Å²) in [4.78, 5) is 0. The SMILES string of the molecule is CCC[C@]12C=Cc3ccccc3[C@H]1C(C)(C)c1cc(C)ccc12. The highest BCUT2D eigenvalue weighted by molar-refractivity contribution is 5.68. The largest absolute Gasteiger partial charge is 0.0727 e. The van der Waals surface area contributed by atoms with Crippen LogP contribution < -0.4 is 0 Å². The minimum absolute atomic E-state index is 0.162. The van der Waals surface area contributed by atoms with Gasteiger partial charge in [-0.2, -0.15) is 0 Å². The van der Waals surface area contributed by atoms with Crippen LogP contribution in [0.1, 0.15) is 67.3 Å². The van der Waals surface area contributed by atoms with Crippen molar-refractivity contribution in [2.45, 2.75) is 57.3 Å². The molecule has 4 rings (SSSR count). The predicted molar refractivity (Wildman–Crippen MR) is 99.0 cm³/mol. The summed E-state index contributed by atoms with van der Waals surface area (Å²) in [6, 6.07) is 16.1. The van der Waals surface area contributed by atoms with Crippen molar-refractivity contribution in [3.63, 3.8) is 0 Å². The third-order valence-electron chi connectivity index (χ3n) is 6.14. The van der Waals surface area contributed by atoms with Gasteiger partial charge in [0.15, 0.2) is 0 Å². The number of allylic oxidation sites excluding steroid dienone is 1. The third kappa shape index (κ3) is 1.84. The smallest absolute Gasteiger partial charge is 0.0215 e. The molecule has 2 aromatic rings. The van der Waals surface area contributed by atoms with E-state index in [9.17, 15) is 0 Å². The van der Waals surface area contributed by atoms with Crippen molar-refractivity contribution < 1.29 is 0 Å². The minimum atomic E-state index is 0.162. The van der Waals surface area contributed by atoms with E-state index in [0.29, 0.717) is 5.92 Å². The molecule has 0 heterocycles. The number of hydrogen-bond donors (Lipinski definition) is 0. The summed E-state index contributed by atoms with van der Waals surface area (Å²) >= 11 is 0. The summed E-state index contributed by atoms with van der Waals surface area (Å²) in [5.74, 6) is 0.535. The van der Waals surface area contributed by atoms with Crippen molar-refractivity contribution in [2.24, 2.45) is 0 Å². The van der Waals surface area contributed by atoms with Gasteiger partial charge in [0.05, 0.1) is 0 Å². The minimum Gasteiger partial charge on any atom is -0.0727 e.